The molecule has 0 unspecified atom stereocenters. The minimum atomic E-state index is -0.780. The predicted octanol–water partition coefficient (Wildman–Crippen LogP) is 1.63. The van der Waals surface area contributed by atoms with E-state index in [0.717, 1.165) is 11.1 Å². The highest BCUT2D eigenvalue weighted by Crippen LogP contribution is 2.10. The Bertz CT molecular complexity index is 341. The van der Waals surface area contributed by atoms with Gasteiger partial charge in [0.2, 0.25) is 0 Å². The van der Waals surface area contributed by atoms with Crippen LogP contribution in [-0.2, 0) is 11.2 Å². The third-order valence-electron chi connectivity index (χ3n) is 1.95. The molecular weight excluding hydrogens is 178 g/mol. The van der Waals surface area contributed by atoms with Gasteiger partial charge in [-0.25, -0.2) is 0 Å². The summed E-state index contributed by atoms with van der Waals surface area (Å²) in [5, 5.41) is 8.48. The molecule has 3 heteroatoms. The molecule has 0 saturated heterocycles. The van der Waals surface area contributed by atoms with Gasteiger partial charge in [0.15, 0.2) is 0 Å². The molecule has 0 spiro atoms. The van der Waals surface area contributed by atoms with Crippen LogP contribution in [0.5, 0.6) is 0 Å². The van der Waals surface area contributed by atoms with Crippen LogP contribution in [0.15, 0.2) is 30.8 Å². The summed E-state index contributed by atoms with van der Waals surface area (Å²) < 4.78 is 0. The molecule has 0 amide bonds. The van der Waals surface area contributed by atoms with E-state index < -0.39 is 5.97 Å². The number of rotatable bonds is 4. The van der Waals surface area contributed by atoms with Crippen molar-refractivity contribution in [2.24, 2.45) is 5.73 Å². The van der Waals surface area contributed by atoms with Gasteiger partial charge in [-0.05, 0) is 17.5 Å². The number of hydrogen-bond acceptors (Lipinski definition) is 2. The predicted molar refractivity (Wildman–Crippen MR) is 55.6 cm³/mol. The molecule has 14 heavy (non-hydrogen) atoms. The highest BCUT2D eigenvalue weighted by Gasteiger charge is 1.99. The Balaban J connectivity index is 2.64. The second-order valence-corrected chi connectivity index (χ2v) is 3.12. The van der Waals surface area contributed by atoms with Gasteiger partial charge >= 0.3 is 5.97 Å². The topological polar surface area (TPSA) is 63.3 Å². The van der Waals surface area contributed by atoms with Crippen LogP contribution in [0.2, 0.25) is 0 Å². The van der Waals surface area contributed by atoms with E-state index in [4.69, 9.17) is 10.8 Å². The van der Waals surface area contributed by atoms with Crippen LogP contribution < -0.4 is 5.73 Å². The van der Waals surface area contributed by atoms with Crippen molar-refractivity contribution in [1.82, 2.24) is 0 Å². The molecule has 0 fully saturated rings. The number of aryl methyl sites for hydroxylation is 1. The van der Waals surface area contributed by atoms with Crippen molar-refractivity contribution < 1.29 is 9.90 Å². The fraction of sp³-hybridized carbons (Fsp3) is 0.182. The van der Waals surface area contributed by atoms with Crippen molar-refractivity contribution in [3.63, 3.8) is 0 Å². The average Bonchev–Trinajstić information content (AvgIpc) is 2.15. The van der Waals surface area contributed by atoms with Crippen LogP contribution in [0, 0.1) is 0 Å². The molecule has 3 nitrogen and oxygen atoms in total. The van der Waals surface area contributed by atoms with Crippen LogP contribution in [0.4, 0.5) is 0 Å². The molecule has 1 aromatic carbocycles. The number of carboxylic acids is 1. The summed E-state index contributed by atoms with van der Waals surface area (Å²) in [7, 11) is 0. The van der Waals surface area contributed by atoms with E-state index in [1.807, 2.05) is 24.3 Å². The van der Waals surface area contributed by atoms with Gasteiger partial charge < -0.3 is 10.8 Å². The number of nitrogens with two attached hydrogens (primary N) is 1. The van der Waals surface area contributed by atoms with Crippen molar-refractivity contribution in [1.29, 1.82) is 0 Å². The van der Waals surface area contributed by atoms with E-state index in [1.165, 1.54) is 0 Å². The standard InChI is InChI=1S/C11H13NO2/c1-8(12)10-5-2-9(3-6-10)4-7-11(13)14/h2-3,5-6H,1,4,7,12H2,(H,13,14). The average molecular weight is 191 g/mol. The molecule has 0 heterocycles. The van der Waals surface area contributed by atoms with E-state index in [0.29, 0.717) is 12.1 Å². The van der Waals surface area contributed by atoms with Gasteiger partial charge in [0.1, 0.15) is 0 Å². The lowest BCUT2D eigenvalue weighted by Crippen LogP contribution is -1.98. The van der Waals surface area contributed by atoms with Crippen molar-refractivity contribution in [2.75, 3.05) is 0 Å². The molecule has 0 aliphatic rings. The quantitative estimate of drug-likeness (QED) is 0.760. The maximum atomic E-state index is 10.3. The van der Waals surface area contributed by atoms with Gasteiger partial charge in [0.05, 0.1) is 0 Å². The molecule has 0 atom stereocenters. The lowest BCUT2D eigenvalue weighted by molar-refractivity contribution is -0.136. The van der Waals surface area contributed by atoms with E-state index in [2.05, 4.69) is 6.58 Å². The molecule has 0 aliphatic carbocycles. The smallest absolute Gasteiger partial charge is 0.303 e. The monoisotopic (exact) mass is 191 g/mol. The van der Waals surface area contributed by atoms with Crippen LogP contribution in [0.25, 0.3) is 5.70 Å². The third-order valence-corrected chi connectivity index (χ3v) is 1.95. The Morgan fingerprint density at radius 1 is 1.36 bits per heavy atom. The largest absolute Gasteiger partial charge is 0.481 e. The van der Waals surface area contributed by atoms with Crippen molar-refractivity contribution in [3.8, 4) is 0 Å². The second-order valence-electron chi connectivity index (χ2n) is 3.12. The third kappa shape index (κ3) is 2.94. The molecule has 0 bridgehead atoms. The van der Waals surface area contributed by atoms with Gasteiger partial charge in [0, 0.05) is 12.1 Å². The summed E-state index contributed by atoms with van der Waals surface area (Å²) in [5.74, 6) is -0.780. The summed E-state index contributed by atoms with van der Waals surface area (Å²) in [6.45, 7) is 3.61. The fourth-order valence-corrected chi connectivity index (χ4v) is 1.14. The lowest BCUT2D eigenvalue weighted by atomic mass is 10.1. The summed E-state index contributed by atoms with van der Waals surface area (Å²) in [6.07, 6.45) is 0.704. The minimum Gasteiger partial charge on any atom is -0.481 e. The first-order chi connectivity index (χ1) is 6.59. The van der Waals surface area contributed by atoms with Gasteiger partial charge in [-0.15, -0.1) is 0 Å². The molecule has 1 aromatic rings. The Labute approximate surface area is 82.9 Å². The number of hydrogen-bond donors (Lipinski definition) is 2. The van der Waals surface area contributed by atoms with Gasteiger partial charge in [-0.3, -0.25) is 4.79 Å². The zero-order valence-corrected chi connectivity index (χ0v) is 7.86. The lowest BCUT2D eigenvalue weighted by Gasteiger charge is -2.01. The van der Waals surface area contributed by atoms with Crippen LogP contribution in [-0.4, -0.2) is 11.1 Å². The first-order valence-electron chi connectivity index (χ1n) is 4.35. The molecule has 0 saturated carbocycles. The molecule has 3 N–H and O–H groups in total. The molecule has 0 radical (unpaired) electrons. The Hall–Kier alpha value is -1.77. The zero-order chi connectivity index (χ0) is 10.6. The van der Waals surface area contributed by atoms with Crippen LogP contribution >= 0.6 is 0 Å². The molecule has 74 valence electrons. The van der Waals surface area contributed by atoms with Crippen molar-refractivity contribution >= 4 is 11.7 Å². The maximum absolute atomic E-state index is 10.3. The zero-order valence-electron chi connectivity index (χ0n) is 7.86. The first kappa shape index (κ1) is 10.3. The van der Waals surface area contributed by atoms with Crippen molar-refractivity contribution in [2.45, 2.75) is 12.8 Å². The highest BCUT2D eigenvalue weighted by atomic mass is 16.4. The summed E-state index contributed by atoms with van der Waals surface area (Å²) in [6, 6.07) is 7.44. The number of benzene rings is 1. The van der Waals surface area contributed by atoms with E-state index >= 15 is 0 Å². The normalized spacial score (nSPS) is 9.71. The summed E-state index contributed by atoms with van der Waals surface area (Å²) in [4.78, 5) is 10.3. The first-order valence-corrected chi connectivity index (χ1v) is 4.35. The summed E-state index contributed by atoms with van der Waals surface area (Å²) >= 11 is 0. The Morgan fingerprint density at radius 2 is 1.93 bits per heavy atom. The van der Waals surface area contributed by atoms with E-state index in [1.54, 1.807) is 0 Å². The summed E-state index contributed by atoms with van der Waals surface area (Å²) in [5.41, 5.74) is 7.90. The fourth-order valence-electron chi connectivity index (χ4n) is 1.14. The van der Waals surface area contributed by atoms with Gasteiger partial charge in [0.25, 0.3) is 0 Å². The molecule has 0 aromatic heterocycles. The van der Waals surface area contributed by atoms with Crippen molar-refractivity contribution in [3.05, 3.63) is 42.0 Å². The van der Waals surface area contributed by atoms with Crippen LogP contribution in [0.1, 0.15) is 17.5 Å². The Morgan fingerprint density at radius 3 is 2.36 bits per heavy atom. The highest BCUT2D eigenvalue weighted by molar-refractivity contribution is 5.67. The van der Waals surface area contributed by atoms with Gasteiger partial charge in [-0.1, -0.05) is 30.8 Å². The number of carboxylic acid groups (broad SMARTS) is 1. The Kier molecular flexibility index (Phi) is 3.29. The molecule has 1 rings (SSSR count). The van der Waals surface area contributed by atoms with E-state index in [-0.39, 0.29) is 6.42 Å². The molecular formula is C11H13NO2. The molecule has 0 aliphatic heterocycles. The minimum absolute atomic E-state index is 0.156. The van der Waals surface area contributed by atoms with Crippen LogP contribution in [0.3, 0.4) is 0 Å². The SMILES string of the molecule is C=C(N)c1ccc(CCC(=O)O)cc1. The number of carbonyl (C=O) groups is 1. The number of aliphatic carboxylic acids is 1. The second kappa shape index (κ2) is 4.46. The van der Waals surface area contributed by atoms with Gasteiger partial charge in [-0.2, -0.15) is 0 Å². The van der Waals surface area contributed by atoms with E-state index in [9.17, 15) is 4.79 Å². The maximum Gasteiger partial charge on any atom is 0.303 e.